The molecule has 1 N–H and O–H groups in total. The van der Waals surface area contributed by atoms with Crippen molar-refractivity contribution in [1.82, 2.24) is 20.1 Å². The third-order valence-corrected chi connectivity index (χ3v) is 8.61. The number of aromatic nitrogens is 1. The highest BCUT2D eigenvalue weighted by molar-refractivity contribution is 6.02. The number of pyridine rings is 1. The van der Waals surface area contributed by atoms with E-state index in [0.29, 0.717) is 25.1 Å². The van der Waals surface area contributed by atoms with E-state index in [1.807, 2.05) is 18.5 Å². The standard InChI is InChI=1S/C30H32N4O4/c1-31-28(36)26(6-3-15-35)34-18-24-23(29(34)37)7-8-25-27(24)38-19-30(25)10-13-33(14-11-30)17-21-5-2-4-20-16-32-12-9-22(20)21/h2,4-5,7-9,12,15-16,26H,3,6,10-11,13-14,17-19H2,1H3,(H,31,36). The summed E-state index contributed by atoms with van der Waals surface area (Å²) in [6, 6.07) is 11.8. The lowest BCUT2D eigenvalue weighted by molar-refractivity contribution is -0.125. The van der Waals surface area contributed by atoms with Crippen LogP contribution >= 0.6 is 0 Å². The van der Waals surface area contributed by atoms with Crippen molar-refractivity contribution in [3.8, 4) is 5.75 Å². The first kappa shape index (κ1) is 24.6. The molecule has 8 nitrogen and oxygen atoms in total. The Bertz CT molecular complexity index is 1410. The average molecular weight is 513 g/mol. The van der Waals surface area contributed by atoms with E-state index >= 15 is 0 Å². The molecule has 0 bridgehead atoms. The number of piperidine rings is 1. The third kappa shape index (κ3) is 4.04. The largest absolute Gasteiger partial charge is 0.492 e. The summed E-state index contributed by atoms with van der Waals surface area (Å²) in [6.45, 7) is 3.78. The van der Waals surface area contributed by atoms with Gasteiger partial charge in [-0.1, -0.05) is 24.3 Å². The molecule has 1 spiro atoms. The maximum Gasteiger partial charge on any atom is 0.255 e. The number of nitrogens with zero attached hydrogens (tertiary/aromatic N) is 3. The zero-order valence-electron chi connectivity index (χ0n) is 21.6. The van der Waals surface area contributed by atoms with E-state index in [1.54, 1.807) is 11.9 Å². The molecule has 0 aliphatic carbocycles. The van der Waals surface area contributed by atoms with Crippen LogP contribution in [0.25, 0.3) is 10.8 Å². The van der Waals surface area contributed by atoms with Gasteiger partial charge >= 0.3 is 0 Å². The number of fused-ring (bicyclic) bond motifs is 5. The zero-order valence-corrected chi connectivity index (χ0v) is 21.6. The van der Waals surface area contributed by atoms with Gasteiger partial charge in [-0.3, -0.25) is 19.5 Å². The summed E-state index contributed by atoms with van der Waals surface area (Å²) in [4.78, 5) is 45.2. The van der Waals surface area contributed by atoms with Crippen LogP contribution < -0.4 is 10.1 Å². The molecule has 3 aromatic rings. The first-order valence-corrected chi connectivity index (χ1v) is 13.3. The molecule has 196 valence electrons. The summed E-state index contributed by atoms with van der Waals surface area (Å²) in [6.07, 6.45) is 7.07. The van der Waals surface area contributed by atoms with E-state index in [9.17, 15) is 14.4 Å². The molecule has 6 rings (SSSR count). The molecule has 3 aliphatic heterocycles. The number of rotatable bonds is 7. The van der Waals surface area contributed by atoms with Crippen LogP contribution in [0.5, 0.6) is 5.75 Å². The van der Waals surface area contributed by atoms with Crippen molar-refractivity contribution >= 4 is 28.9 Å². The Labute approximate surface area is 222 Å². The minimum absolute atomic E-state index is 0.0578. The lowest BCUT2D eigenvalue weighted by Gasteiger charge is -2.38. The van der Waals surface area contributed by atoms with Gasteiger partial charge in [-0.15, -0.1) is 0 Å². The first-order chi connectivity index (χ1) is 18.5. The van der Waals surface area contributed by atoms with Gasteiger partial charge < -0.3 is 19.7 Å². The Balaban J connectivity index is 1.20. The van der Waals surface area contributed by atoms with Crippen LogP contribution in [0.3, 0.4) is 0 Å². The molecule has 2 amide bonds. The number of benzene rings is 2. The normalized spacial score (nSPS) is 18.8. The molecular weight excluding hydrogens is 480 g/mol. The number of nitrogens with one attached hydrogen (secondary N) is 1. The summed E-state index contributed by atoms with van der Waals surface area (Å²) in [5, 5.41) is 5.06. The fourth-order valence-electron chi connectivity index (χ4n) is 6.45. The van der Waals surface area contributed by atoms with Gasteiger partial charge in [0.25, 0.3) is 5.91 Å². The Morgan fingerprint density at radius 3 is 2.84 bits per heavy atom. The van der Waals surface area contributed by atoms with Crippen LogP contribution in [0, 0.1) is 0 Å². The van der Waals surface area contributed by atoms with Crippen LogP contribution in [-0.2, 0) is 28.1 Å². The highest BCUT2D eigenvalue weighted by Gasteiger charge is 2.47. The molecule has 1 aromatic heterocycles. The van der Waals surface area contributed by atoms with Crippen molar-refractivity contribution in [2.75, 3.05) is 26.7 Å². The van der Waals surface area contributed by atoms with Crippen LogP contribution in [-0.4, -0.2) is 65.7 Å². The van der Waals surface area contributed by atoms with E-state index in [-0.39, 0.29) is 23.7 Å². The van der Waals surface area contributed by atoms with Crippen LogP contribution in [0.4, 0.5) is 0 Å². The number of hydrogen-bond acceptors (Lipinski definition) is 6. The molecule has 1 fully saturated rings. The Morgan fingerprint density at radius 1 is 1.21 bits per heavy atom. The van der Waals surface area contributed by atoms with Gasteiger partial charge in [0.1, 0.15) is 18.1 Å². The predicted octanol–water partition coefficient (Wildman–Crippen LogP) is 3.21. The van der Waals surface area contributed by atoms with Gasteiger partial charge in [0.15, 0.2) is 0 Å². The average Bonchev–Trinajstić information content (AvgIpc) is 3.48. The molecule has 1 saturated heterocycles. The second kappa shape index (κ2) is 9.83. The number of hydrogen-bond donors (Lipinski definition) is 1. The number of carbonyl (C=O) groups excluding carboxylic acids is 3. The lowest BCUT2D eigenvalue weighted by atomic mass is 9.74. The van der Waals surface area contributed by atoms with E-state index in [0.717, 1.165) is 50.1 Å². The van der Waals surface area contributed by atoms with Crippen LogP contribution in [0.2, 0.25) is 0 Å². The van der Waals surface area contributed by atoms with Gasteiger partial charge in [-0.05, 0) is 55.4 Å². The predicted molar refractivity (Wildman–Crippen MR) is 143 cm³/mol. The van der Waals surface area contributed by atoms with Gasteiger partial charge in [0.2, 0.25) is 5.91 Å². The lowest BCUT2D eigenvalue weighted by Crippen LogP contribution is -2.46. The van der Waals surface area contributed by atoms with Crippen LogP contribution in [0.15, 0.2) is 48.8 Å². The molecule has 0 radical (unpaired) electrons. The molecule has 3 aliphatic rings. The van der Waals surface area contributed by atoms with Crippen molar-refractivity contribution < 1.29 is 19.1 Å². The van der Waals surface area contributed by atoms with Crippen molar-refractivity contribution in [3.05, 3.63) is 71.0 Å². The van der Waals surface area contributed by atoms with Crippen molar-refractivity contribution in [2.24, 2.45) is 0 Å². The maximum atomic E-state index is 13.3. The monoisotopic (exact) mass is 512 g/mol. The number of likely N-dealkylation sites (N-methyl/N-ethyl adjacent to an activating group) is 1. The molecular formula is C30H32N4O4. The van der Waals surface area contributed by atoms with E-state index in [2.05, 4.69) is 45.5 Å². The number of carbonyl (C=O) groups is 3. The maximum absolute atomic E-state index is 13.3. The second-order valence-corrected chi connectivity index (χ2v) is 10.6. The van der Waals surface area contributed by atoms with Crippen LogP contribution in [0.1, 0.15) is 52.7 Å². The summed E-state index contributed by atoms with van der Waals surface area (Å²) in [5.41, 5.74) is 3.92. The van der Waals surface area contributed by atoms with Gasteiger partial charge in [-0.2, -0.15) is 0 Å². The summed E-state index contributed by atoms with van der Waals surface area (Å²) in [7, 11) is 1.55. The quantitative estimate of drug-likeness (QED) is 0.489. The summed E-state index contributed by atoms with van der Waals surface area (Å²) in [5.74, 6) is 0.392. The molecule has 8 heteroatoms. The second-order valence-electron chi connectivity index (χ2n) is 10.6. The number of amides is 2. The zero-order chi connectivity index (χ0) is 26.3. The van der Waals surface area contributed by atoms with Gasteiger partial charge in [0.05, 0.1) is 13.2 Å². The highest BCUT2D eigenvalue weighted by atomic mass is 16.5. The van der Waals surface area contributed by atoms with Gasteiger partial charge in [0, 0.05) is 59.9 Å². The Kier molecular flexibility index (Phi) is 6.35. The molecule has 2 aromatic carbocycles. The van der Waals surface area contributed by atoms with E-state index < -0.39 is 6.04 Å². The SMILES string of the molecule is CNC(=O)C(CCC=O)N1Cc2c(ccc3c2OCC32CCN(Cc3cccc4cnccc34)CC2)C1=O. The molecule has 1 unspecified atom stereocenters. The first-order valence-electron chi connectivity index (χ1n) is 13.3. The summed E-state index contributed by atoms with van der Waals surface area (Å²) >= 11 is 0. The topological polar surface area (TPSA) is 91.8 Å². The smallest absolute Gasteiger partial charge is 0.255 e. The minimum atomic E-state index is -0.677. The Morgan fingerprint density at radius 2 is 2.05 bits per heavy atom. The van der Waals surface area contributed by atoms with Crippen molar-refractivity contribution in [1.29, 1.82) is 0 Å². The molecule has 1 atom stereocenters. The number of ether oxygens (including phenoxy) is 1. The fourth-order valence-corrected chi connectivity index (χ4v) is 6.45. The van der Waals surface area contributed by atoms with Crippen molar-refractivity contribution in [2.45, 2.75) is 50.2 Å². The van der Waals surface area contributed by atoms with Gasteiger partial charge in [-0.25, -0.2) is 0 Å². The molecule has 4 heterocycles. The highest BCUT2D eigenvalue weighted by Crippen LogP contribution is 2.49. The minimum Gasteiger partial charge on any atom is -0.492 e. The van der Waals surface area contributed by atoms with E-state index in [4.69, 9.17) is 4.74 Å². The van der Waals surface area contributed by atoms with E-state index in [1.165, 1.54) is 21.9 Å². The summed E-state index contributed by atoms with van der Waals surface area (Å²) < 4.78 is 6.33. The Hall–Kier alpha value is -3.78. The third-order valence-electron chi connectivity index (χ3n) is 8.61. The molecule has 0 saturated carbocycles. The molecule has 38 heavy (non-hydrogen) atoms. The fraction of sp³-hybridized carbons (Fsp3) is 0.400. The number of likely N-dealkylation sites (tertiary alicyclic amines) is 1. The van der Waals surface area contributed by atoms with Crippen molar-refractivity contribution in [3.63, 3.8) is 0 Å². The number of aldehydes is 1.